The smallest absolute Gasteiger partial charge is 0.471 e. The van der Waals surface area contributed by atoms with E-state index in [0.717, 1.165) is 34.0 Å². The van der Waals surface area contributed by atoms with Crippen LogP contribution in [0.1, 0.15) is 27.2 Å². The number of nitrogens with two attached hydrogens (primary N) is 1. The Morgan fingerprint density at radius 2 is 1.73 bits per heavy atom. The first-order chi connectivity index (χ1) is 20.6. The van der Waals surface area contributed by atoms with Crippen LogP contribution < -0.4 is 21.5 Å². The lowest BCUT2D eigenvalue weighted by Crippen LogP contribution is -2.61. The highest BCUT2D eigenvalue weighted by Crippen LogP contribution is 2.33. The van der Waals surface area contributed by atoms with Crippen LogP contribution in [0.2, 0.25) is 0 Å². The van der Waals surface area contributed by atoms with Gasteiger partial charge in [0.1, 0.15) is 6.61 Å². The van der Waals surface area contributed by atoms with Crippen molar-refractivity contribution in [1.29, 1.82) is 5.26 Å². The van der Waals surface area contributed by atoms with Crippen LogP contribution >= 0.6 is 0 Å². The molecule has 1 aromatic rings. The third-order valence-electron chi connectivity index (χ3n) is 6.19. The number of hydrogen-bond acceptors (Lipinski definition) is 12. The van der Waals surface area contributed by atoms with Gasteiger partial charge in [-0.05, 0) is 22.9 Å². The average Bonchev–Trinajstić information content (AvgIpc) is 2.96. The molecule has 0 aliphatic carbocycles. The Morgan fingerprint density at radius 1 is 1.09 bits per heavy atom. The Kier molecular flexibility index (Phi) is 12.3. The molecular formula is C28H30F3N3O10. The number of hydrogen-bond donors (Lipinski definition) is 2. The lowest BCUT2D eigenvalue weighted by molar-refractivity contribution is -0.191. The third kappa shape index (κ3) is 9.48. The van der Waals surface area contributed by atoms with E-state index < -0.39 is 85.0 Å². The molecule has 2 rings (SSSR count). The van der Waals surface area contributed by atoms with Gasteiger partial charge >= 0.3 is 36.0 Å². The lowest BCUT2D eigenvalue weighted by atomic mass is 9.82. The molecule has 0 unspecified atom stereocenters. The van der Waals surface area contributed by atoms with Crippen molar-refractivity contribution in [2.45, 2.75) is 57.7 Å². The number of halogens is 3. The highest BCUT2D eigenvalue weighted by molar-refractivity contribution is 5.87. The number of ether oxygens (including phenoxy) is 5. The second kappa shape index (κ2) is 15.4. The molecule has 3 N–H and O–H groups in total. The summed E-state index contributed by atoms with van der Waals surface area (Å²) in [6.45, 7) is 2.13. The molecule has 0 aromatic heterocycles. The Balaban J connectivity index is 2.87. The van der Waals surface area contributed by atoms with E-state index in [1.807, 2.05) is 6.07 Å². The van der Waals surface area contributed by atoms with Crippen molar-refractivity contribution in [3.8, 4) is 6.07 Å². The van der Waals surface area contributed by atoms with Gasteiger partial charge in [0.15, 0.2) is 18.3 Å². The molecule has 0 fully saturated rings. The average molecular weight is 626 g/mol. The van der Waals surface area contributed by atoms with E-state index >= 15 is 0 Å². The van der Waals surface area contributed by atoms with Crippen LogP contribution in [0, 0.1) is 17.2 Å². The van der Waals surface area contributed by atoms with Crippen LogP contribution in [0.15, 0.2) is 36.1 Å². The van der Waals surface area contributed by atoms with E-state index in [2.05, 4.69) is 0 Å². The first-order valence-corrected chi connectivity index (χ1v) is 12.8. The van der Waals surface area contributed by atoms with Gasteiger partial charge in [-0.25, -0.2) is 4.79 Å². The maximum atomic E-state index is 13.5. The number of carbonyl (C=O) groups excluding carboxylic acids is 5. The number of esters is 4. The number of amides is 1. The van der Waals surface area contributed by atoms with E-state index in [-0.39, 0.29) is 5.57 Å². The molecule has 1 aliphatic heterocycles. The van der Waals surface area contributed by atoms with Crippen LogP contribution in [-0.2, 0) is 47.7 Å². The zero-order valence-corrected chi connectivity index (χ0v) is 24.0. The summed E-state index contributed by atoms with van der Waals surface area (Å²) in [6, 6.07) is 6.49. The predicted molar refractivity (Wildman–Crippen MR) is 142 cm³/mol. The number of carbonyl (C=O) groups is 5. The maximum Gasteiger partial charge on any atom is 0.471 e. The molecule has 0 spiro atoms. The van der Waals surface area contributed by atoms with Gasteiger partial charge in [-0.3, -0.25) is 19.2 Å². The molecule has 5 atom stereocenters. The first-order valence-electron chi connectivity index (χ1n) is 12.8. The number of rotatable bonds is 10. The van der Waals surface area contributed by atoms with Gasteiger partial charge < -0.3 is 34.7 Å². The Labute approximate surface area is 249 Å². The summed E-state index contributed by atoms with van der Waals surface area (Å²) in [7, 11) is 0.986. The van der Waals surface area contributed by atoms with Gasteiger partial charge in [-0.15, -0.1) is 0 Å². The number of alkyl halides is 3. The van der Waals surface area contributed by atoms with E-state index in [9.17, 15) is 42.4 Å². The molecule has 13 nitrogen and oxygen atoms in total. The first kappa shape index (κ1) is 35.1. The molecule has 1 aromatic carbocycles. The fourth-order valence-corrected chi connectivity index (χ4v) is 4.42. The second-order valence-corrected chi connectivity index (χ2v) is 9.34. The SMILES string of the molecule is COC(=O)C1=C[C@H](C/C(C#N)=c2/cccc/c2=C/N)[C@@H](NC(=O)C(F)(F)F)[C@H]([C@H](OC(C)=O)[C@@H](COC(C)=O)OC(C)=O)O1. The van der Waals surface area contributed by atoms with Crippen molar-refractivity contribution in [1.82, 2.24) is 5.32 Å². The molecule has 0 bridgehead atoms. The molecule has 1 amide bonds. The van der Waals surface area contributed by atoms with Crippen molar-refractivity contribution in [3.05, 3.63) is 46.5 Å². The minimum atomic E-state index is -5.41. The number of benzene rings is 1. The summed E-state index contributed by atoms with van der Waals surface area (Å²) in [4.78, 5) is 60.6. The van der Waals surface area contributed by atoms with Crippen LogP contribution in [0.4, 0.5) is 13.2 Å². The second-order valence-electron chi connectivity index (χ2n) is 9.34. The summed E-state index contributed by atoms with van der Waals surface area (Å²) >= 11 is 0. The molecule has 238 valence electrons. The Hall–Kier alpha value is -5.07. The highest BCUT2D eigenvalue weighted by atomic mass is 19.4. The van der Waals surface area contributed by atoms with Gasteiger partial charge in [0.2, 0.25) is 5.76 Å². The van der Waals surface area contributed by atoms with Gasteiger partial charge in [-0.1, -0.05) is 24.3 Å². The van der Waals surface area contributed by atoms with E-state index in [1.54, 1.807) is 23.5 Å². The molecule has 0 saturated heterocycles. The molecular weight excluding hydrogens is 595 g/mol. The topological polar surface area (TPSA) is 193 Å². The largest absolute Gasteiger partial charge is 0.477 e. The number of methoxy groups -OCH3 is 1. The van der Waals surface area contributed by atoms with Crippen molar-refractivity contribution >= 4 is 41.6 Å². The van der Waals surface area contributed by atoms with Crippen LogP contribution in [0.25, 0.3) is 11.8 Å². The highest BCUT2D eigenvalue weighted by Gasteiger charge is 2.50. The summed E-state index contributed by atoms with van der Waals surface area (Å²) < 4.78 is 66.4. The monoisotopic (exact) mass is 625 g/mol. The summed E-state index contributed by atoms with van der Waals surface area (Å²) in [5.74, 6) is -8.33. The Morgan fingerprint density at radius 3 is 2.25 bits per heavy atom. The normalized spacial score (nSPS) is 20.4. The predicted octanol–water partition coefficient (Wildman–Crippen LogP) is -0.00682. The van der Waals surface area contributed by atoms with Gasteiger partial charge in [-0.2, -0.15) is 18.4 Å². The van der Waals surface area contributed by atoms with Crippen molar-refractivity contribution in [2.24, 2.45) is 11.7 Å². The Bertz CT molecular complexity index is 1470. The van der Waals surface area contributed by atoms with Crippen LogP contribution in [0.3, 0.4) is 0 Å². The number of nitrogens with one attached hydrogen (secondary N) is 1. The zero-order valence-electron chi connectivity index (χ0n) is 24.0. The molecule has 44 heavy (non-hydrogen) atoms. The lowest BCUT2D eigenvalue weighted by Gasteiger charge is -2.42. The van der Waals surface area contributed by atoms with Crippen LogP contribution in [0.5, 0.6) is 0 Å². The zero-order chi connectivity index (χ0) is 33.2. The van der Waals surface area contributed by atoms with E-state index in [0.29, 0.717) is 10.4 Å². The standard InChI is InChI=1S/C28H30F3N3O10/c1-14(35)41-13-22(42-15(2)36)24(43-16(3)37)25-23(34-27(39)28(29,30)31)18(10-21(44-25)26(38)40-4)9-19(12-33)20-8-6-5-7-17(20)11-32/h5-8,10-11,18,22-25H,9,13,32H2,1-4H3,(H,34,39)/b17-11-,20-19+/t18-,22+,23+,24+,25+/m0/s1. The summed E-state index contributed by atoms with van der Waals surface area (Å²) in [5.41, 5.74) is 5.67. The summed E-state index contributed by atoms with van der Waals surface area (Å²) in [5, 5.41) is 12.5. The van der Waals surface area contributed by atoms with Gasteiger partial charge in [0.05, 0.1) is 19.2 Å². The van der Waals surface area contributed by atoms with Crippen molar-refractivity contribution in [2.75, 3.05) is 13.7 Å². The minimum Gasteiger partial charge on any atom is -0.477 e. The number of nitriles is 1. The van der Waals surface area contributed by atoms with Crippen LogP contribution in [-0.4, -0.2) is 74.0 Å². The fourth-order valence-electron chi connectivity index (χ4n) is 4.42. The van der Waals surface area contributed by atoms with Gasteiger partial charge in [0.25, 0.3) is 0 Å². The molecule has 0 saturated carbocycles. The minimum absolute atomic E-state index is 0.0137. The molecule has 0 radical (unpaired) electrons. The van der Waals surface area contributed by atoms with Crippen molar-refractivity contribution < 1.29 is 60.8 Å². The third-order valence-corrected chi connectivity index (χ3v) is 6.19. The van der Waals surface area contributed by atoms with Crippen molar-refractivity contribution in [3.63, 3.8) is 0 Å². The quantitative estimate of drug-likeness (QED) is 0.261. The maximum absolute atomic E-state index is 13.5. The molecule has 1 aliphatic rings. The van der Waals surface area contributed by atoms with E-state index in [1.165, 1.54) is 12.3 Å². The summed E-state index contributed by atoms with van der Waals surface area (Å²) in [6.07, 6.45) is -9.03. The van der Waals surface area contributed by atoms with E-state index in [4.69, 9.17) is 29.4 Å². The number of nitrogens with zero attached hydrogens (tertiary/aromatic N) is 1. The molecule has 1 heterocycles. The fraction of sp³-hybridized carbons (Fsp3) is 0.429. The molecule has 16 heteroatoms. The van der Waals surface area contributed by atoms with Gasteiger partial charge in [0, 0.05) is 38.5 Å².